The van der Waals surface area contributed by atoms with E-state index in [1.54, 1.807) is 7.11 Å². The van der Waals surface area contributed by atoms with Crippen molar-refractivity contribution in [2.24, 2.45) is 10.9 Å². The van der Waals surface area contributed by atoms with Gasteiger partial charge >= 0.3 is 0 Å². The monoisotopic (exact) mass is 504 g/mol. The second kappa shape index (κ2) is 12.6. The molecule has 2 aliphatic rings. The highest BCUT2D eigenvalue weighted by molar-refractivity contribution is 14.0. The van der Waals surface area contributed by atoms with Crippen molar-refractivity contribution in [2.75, 3.05) is 20.2 Å². The van der Waals surface area contributed by atoms with E-state index < -0.39 is 0 Å². The Kier molecular flexibility index (Phi) is 10.5. The van der Waals surface area contributed by atoms with Crippen molar-refractivity contribution in [1.82, 2.24) is 25.4 Å². The van der Waals surface area contributed by atoms with E-state index in [9.17, 15) is 0 Å². The fourth-order valence-electron chi connectivity index (χ4n) is 4.22. The molecule has 3 rings (SSSR count). The van der Waals surface area contributed by atoms with Gasteiger partial charge in [0.1, 0.15) is 12.4 Å². The van der Waals surface area contributed by atoms with Gasteiger partial charge in [0.2, 0.25) is 0 Å². The summed E-state index contributed by atoms with van der Waals surface area (Å²) >= 11 is 0. The summed E-state index contributed by atoms with van der Waals surface area (Å²) in [5.41, 5.74) is 0. The van der Waals surface area contributed by atoms with Crippen molar-refractivity contribution in [3.8, 4) is 0 Å². The Balaban J connectivity index is 0.00000280. The van der Waals surface area contributed by atoms with Crippen molar-refractivity contribution in [3.63, 3.8) is 0 Å². The van der Waals surface area contributed by atoms with E-state index in [1.165, 1.54) is 44.9 Å². The maximum absolute atomic E-state index is 5.14. The molecule has 2 heterocycles. The number of aryl methyl sites for hydroxylation is 1. The Morgan fingerprint density at radius 2 is 2.07 bits per heavy atom. The SMILES string of the molecule is CCNC(=NCCCCC1CCCC1)NC1CCc2nc(COC)nn2C1.I. The number of rotatable bonds is 9. The Morgan fingerprint density at radius 3 is 2.82 bits per heavy atom. The average molecular weight is 504 g/mol. The summed E-state index contributed by atoms with van der Waals surface area (Å²) in [6, 6.07) is 0.339. The highest BCUT2D eigenvalue weighted by Gasteiger charge is 2.22. The lowest BCUT2D eigenvalue weighted by atomic mass is 10.0. The zero-order valence-electron chi connectivity index (χ0n) is 17.5. The zero-order chi connectivity index (χ0) is 18.9. The predicted octanol–water partition coefficient (Wildman–Crippen LogP) is 3.27. The molecule has 2 N–H and O–H groups in total. The van der Waals surface area contributed by atoms with E-state index in [0.29, 0.717) is 12.6 Å². The number of hydrogen-bond acceptors (Lipinski definition) is 4. The van der Waals surface area contributed by atoms with Crippen molar-refractivity contribution in [3.05, 3.63) is 11.6 Å². The van der Waals surface area contributed by atoms with Crippen LogP contribution in [0.25, 0.3) is 0 Å². The third-order valence-electron chi connectivity index (χ3n) is 5.63. The number of methoxy groups -OCH3 is 1. The molecule has 1 aliphatic heterocycles. The van der Waals surface area contributed by atoms with E-state index in [2.05, 4.69) is 27.6 Å². The molecular formula is C20H37IN6O. The summed E-state index contributed by atoms with van der Waals surface area (Å²) in [5.74, 6) is 3.76. The first-order valence-electron chi connectivity index (χ1n) is 10.7. The van der Waals surface area contributed by atoms with Gasteiger partial charge in [-0.05, 0) is 25.7 Å². The third-order valence-corrected chi connectivity index (χ3v) is 5.63. The van der Waals surface area contributed by atoms with Gasteiger partial charge in [0.25, 0.3) is 0 Å². The van der Waals surface area contributed by atoms with Crippen LogP contribution in [0.15, 0.2) is 4.99 Å². The fraction of sp³-hybridized carbons (Fsp3) is 0.850. The van der Waals surface area contributed by atoms with Gasteiger partial charge in [-0.25, -0.2) is 9.67 Å². The number of halogens is 1. The summed E-state index contributed by atoms with van der Waals surface area (Å²) in [4.78, 5) is 9.34. The second-order valence-corrected chi connectivity index (χ2v) is 7.85. The van der Waals surface area contributed by atoms with Crippen LogP contribution < -0.4 is 10.6 Å². The van der Waals surface area contributed by atoms with Crippen LogP contribution in [0, 0.1) is 5.92 Å². The van der Waals surface area contributed by atoms with Crippen LogP contribution in [0.1, 0.15) is 69.9 Å². The normalized spacial score (nSPS) is 19.9. The van der Waals surface area contributed by atoms with E-state index in [0.717, 1.165) is 56.0 Å². The highest BCUT2D eigenvalue weighted by Crippen LogP contribution is 2.28. The molecule has 1 aromatic heterocycles. The summed E-state index contributed by atoms with van der Waals surface area (Å²) in [6.07, 6.45) is 11.7. The lowest BCUT2D eigenvalue weighted by Crippen LogP contribution is -2.47. The van der Waals surface area contributed by atoms with Crippen LogP contribution in [-0.2, 0) is 24.3 Å². The third kappa shape index (κ3) is 7.17. The lowest BCUT2D eigenvalue weighted by molar-refractivity contribution is 0.177. The molecule has 1 fully saturated rings. The number of nitrogens with zero attached hydrogens (tertiary/aromatic N) is 4. The Bertz CT molecular complexity index is 600. The van der Waals surface area contributed by atoms with Gasteiger partial charge in [0.15, 0.2) is 11.8 Å². The van der Waals surface area contributed by atoms with Gasteiger partial charge in [0.05, 0.1) is 6.54 Å². The van der Waals surface area contributed by atoms with Crippen LogP contribution in [-0.4, -0.2) is 47.0 Å². The Hall–Kier alpha value is -0.900. The van der Waals surface area contributed by atoms with Crippen LogP contribution in [0.4, 0.5) is 0 Å². The first kappa shape index (κ1) is 23.4. The molecule has 0 bridgehead atoms. The topological polar surface area (TPSA) is 76.4 Å². The van der Waals surface area contributed by atoms with Gasteiger partial charge in [-0.2, -0.15) is 5.10 Å². The summed E-state index contributed by atoms with van der Waals surface area (Å²) in [5, 5.41) is 11.5. The molecule has 0 saturated heterocycles. The van der Waals surface area contributed by atoms with Crippen LogP contribution >= 0.6 is 24.0 Å². The smallest absolute Gasteiger partial charge is 0.191 e. The minimum absolute atomic E-state index is 0. The Morgan fingerprint density at radius 1 is 1.25 bits per heavy atom. The molecule has 0 radical (unpaired) electrons. The molecule has 1 unspecified atom stereocenters. The second-order valence-electron chi connectivity index (χ2n) is 7.85. The molecule has 1 saturated carbocycles. The number of guanidine groups is 1. The maximum atomic E-state index is 5.14. The number of nitrogens with one attached hydrogen (secondary N) is 2. The number of aromatic nitrogens is 3. The lowest BCUT2D eigenvalue weighted by Gasteiger charge is -2.25. The average Bonchev–Trinajstić information content (AvgIpc) is 3.30. The largest absolute Gasteiger partial charge is 0.377 e. The quantitative estimate of drug-likeness (QED) is 0.234. The Labute approximate surface area is 186 Å². The van der Waals surface area contributed by atoms with Gasteiger partial charge in [0, 0.05) is 32.7 Å². The molecule has 7 nitrogen and oxygen atoms in total. The van der Waals surface area contributed by atoms with Gasteiger partial charge in [-0.1, -0.05) is 38.5 Å². The van der Waals surface area contributed by atoms with E-state index in [1.807, 2.05) is 4.68 Å². The summed E-state index contributed by atoms with van der Waals surface area (Å²) < 4.78 is 7.16. The number of fused-ring (bicyclic) bond motifs is 1. The van der Waals surface area contributed by atoms with E-state index >= 15 is 0 Å². The first-order chi connectivity index (χ1) is 13.3. The molecule has 1 aliphatic carbocycles. The zero-order valence-corrected chi connectivity index (χ0v) is 19.8. The molecule has 0 aromatic carbocycles. The minimum Gasteiger partial charge on any atom is -0.377 e. The first-order valence-corrected chi connectivity index (χ1v) is 10.7. The molecule has 28 heavy (non-hydrogen) atoms. The van der Waals surface area contributed by atoms with Crippen molar-refractivity contribution < 1.29 is 4.74 Å². The molecule has 0 spiro atoms. The van der Waals surface area contributed by atoms with Crippen LogP contribution in [0.3, 0.4) is 0 Å². The van der Waals surface area contributed by atoms with Crippen LogP contribution in [0.2, 0.25) is 0 Å². The van der Waals surface area contributed by atoms with Crippen molar-refractivity contribution in [2.45, 2.75) is 83.9 Å². The van der Waals surface area contributed by atoms with Gasteiger partial charge in [-0.3, -0.25) is 4.99 Å². The number of hydrogen-bond donors (Lipinski definition) is 2. The fourth-order valence-corrected chi connectivity index (χ4v) is 4.22. The van der Waals surface area contributed by atoms with Crippen LogP contribution in [0.5, 0.6) is 0 Å². The highest BCUT2D eigenvalue weighted by atomic mass is 127. The molecular weight excluding hydrogens is 467 g/mol. The molecule has 160 valence electrons. The van der Waals surface area contributed by atoms with E-state index in [4.69, 9.17) is 9.73 Å². The molecule has 1 atom stereocenters. The molecule has 1 aromatic rings. The molecule has 8 heteroatoms. The van der Waals surface area contributed by atoms with Gasteiger partial charge < -0.3 is 15.4 Å². The van der Waals surface area contributed by atoms with Crippen molar-refractivity contribution in [1.29, 1.82) is 0 Å². The summed E-state index contributed by atoms with van der Waals surface area (Å²) in [6.45, 7) is 5.21. The number of aliphatic imine (C=N–C) groups is 1. The van der Waals surface area contributed by atoms with Gasteiger partial charge in [-0.15, -0.1) is 24.0 Å². The maximum Gasteiger partial charge on any atom is 0.191 e. The summed E-state index contributed by atoms with van der Waals surface area (Å²) in [7, 11) is 1.68. The number of unbranched alkanes of at least 4 members (excludes halogenated alkanes) is 1. The van der Waals surface area contributed by atoms with E-state index in [-0.39, 0.29) is 24.0 Å². The number of ether oxygens (including phenoxy) is 1. The predicted molar refractivity (Wildman–Crippen MR) is 123 cm³/mol. The molecule has 0 amide bonds. The van der Waals surface area contributed by atoms with Crippen molar-refractivity contribution >= 4 is 29.9 Å². The standard InChI is InChI=1S/C20H36N6O.HI/c1-3-21-20(22-13-7-6-10-16-8-4-5-9-16)23-17-11-12-19-24-18(15-27-2)25-26(19)14-17;/h16-17H,3-15H2,1-2H3,(H2,21,22,23);1H. The minimum atomic E-state index is 0.